The Bertz CT molecular complexity index is 407. The third-order valence-electron chi connectivity index (χ3n) is 5.37. The quantitative estimate of drug-likeness (QED) is 0.287. The molecule has 1 saturated heterocycles. The monoisotopic (exact) mass is 496 g/mol. The van der Waals surface area contributed by atoms with Gasteiger partial charge >= 0.3 is 0 Å². The summed E-state index contributed by atoms with van der Waals surface area (Å²) in [6, 6.07) is 0. The van der Waals surface area contributed by atoms with Gasteiger partial charge in [0.25, 0.3) is 0 Å². The second-order valence-electron chi connectivity index (χ2n) is 8.17. The van der Waals surface area contributed by atoms with E-state index < -0.39 is 5.60 Å². The molecule has 2 rings (SSSR count). The number of aliphatic hydroxyl groups is 1. The Hall–Kier alpha value is -0.120. The Morgan fingerprint density at radius 3 is 2.37 bits per heavy atom. The molecule has 3 N–H and O–H groups in total. The number of morpholine rings is 1. The van der Waals surface area contributed by atoms with Crippen LogP contribution in [0.2, 0.25) is 0 Å². The van der Waals surface area contributed by atoms with Crippen molar-refractivity contribution in [3.8, 4) is 0 Å². The fourth-order valence-electron chi connectivity index (χ4n) is 3.87. The van der Waals surface area contributed by atoms with Crippen LogP contribution in [0.1, 0.15) is 58.8 Å². The van der Waals surface area contributed by atoms with E-state index in [1.807, 2.05) is 6.92 Å². The molecule has 0 aromatic carbocycles. The summed E-state index contributed by atoms with van der Waals surface area (Å²) in [4.78, 5) is 6.92. The number of halogens is 1. The molecule has 0 aromatic heterocycles. The van der Waals surface area contributed by atoms with Crippen molar-refractivity contribution in [2.45, 2.75) is 64.4 Å². The molecular weight excluding hydrogens is 455 g/mol. The molecule has 1 saturated carbocycles. The van der Waals surface area contributed by atoms with Crippen molar-refractivity contribution in [3.63, 3.8) is 0 Å². The SMILES string of the molecule is CCNC(=NCC(C)(O)CN1CCOCC1)NCC1CCCCCCC1.I. The number of hydrogen-bond donors (Lipinski definition) is 3. The molecule has 0 radical (unpaired) electrons. The number of nitrogens with one attached hydrogen (secondary N) is 2. The molecule has 0 aromatic rings. The molecule has 2 aliphatic rings. The fourth-order valence-corrected chi connectivity index (χ4v) is 3.87. The van der Waals surface area contributed by atoms with E-state index in [1.54, 1.807) is 0 Å². The van der Waals surface area contributed by atoms with Gasteiger partial charge in [0.05, 0.1) is 25.4 Å². The van der Waals surface area contributed by atoms with E-state index in [2.05, 4.69) is 27.4 Å². The Balaban J connectivity index is 0.00000364. The molecule has 27 heavy (non-hydrogen) atoms. The molecule has 0 amide bonds. The average Bonchev–Trinajstić information content (AvgIpc) is 2.59. The second-order valence-corrected chi connectivity index (χ2v) is 8.17. The van der Waals surface area contributed by atoms with Crippen LogP contribution in [0, 0.1) is 5.92 Å². The smallest absolute Gasteiger partial charge is 0.191 e. The van der Waals surface area contributed by atoms with Crippen LogP contribution < -0.4 is 10.6 Å². The maximum atomic E-state index is 10.7. The van der Waals surface area contributed by atoms with E-state index in [0.29, 0.717) is 13.1 Å². The predicted octanol–water partition coefficient (Wildman–Crippen LogP) is 2.60. The standard InChI is InChI=1S/C20H40N4O2.HI/c1-3-21-19(22-15-18-9-7-5-4-6-8-10-18)23-16-20(2,25)17-24-11-13-26-14-12-24;/h18,25H,3-17H2,1-2H3,(H2,21,22,23);1H. The van der Waals surface area contributed by atoms with Gasteiger partial charge in [-0.1, -0.05) is 32.1 Å². The molecule has 0 spiro atoms. The Kier molecular flexibility index (Phi) is 12.9. The van der Waals surface area contributed by atoms with Crippen molar-refractivity contribution in [1.82, 2.24) is 15.5 Å². The fraction of sp³-hybridized carbons (Fsp3) is 0.950. The first-order valence-corrected chi connectivity index (χ1v) is 10.6. The maximum absolute atomic E-state index is 10.7. The zero-order valence-corrected chi connectivity index (χ0v) is 19.7. The number of hydrogen-bond acceptors (Lipinski definition) is 4. The molecule has 160 valence electrons. The summed E-state index contributed by atoms with van der Waals surface area (Å²) in [6.07, 6.45) is 9.53. The van der Waals surface area contributed by atoms with Gasteiger partial charge in [0.2, 0.25) is 0 Å². The van der Waals surface area contributed by atoms with Crippen molar-refractivity contribution in [3.05, 3.63) is 0 Å². The topological polar surface area (TPSA) is 69.1 Å². The molecule has 1 heterocycles. The summed E-state index contributed by atoms with van der Waals surface area (Å²) < 4.78 is 5.38. The number of β-amino-alcohol motifs (C(OH)–C–C–N with tert-alkyl or cyclic N) is 1. The second kappa shape index (κ2) is 14.0. The molecule has 1 unspecified atom stereocenters. The number of guanidine groups is 1. The number of aliphatic imine (C=N–C) groups is 1. The largest absolute Gasteiger partial charge is 0.387 e. The normalized spacial score (nSPS) is 22.9. The third kappa shape index (κ3) is 10.9. The molecule has 2 fully saturated rings. The van der Waals surface area contributed by atoms with E-state index in [4.69, 9.17) is 4.74 Å². The minimum absolute atomic E-state index is 0. The van der Waals surface area contributed by atoms with Crippen molar-refractivity contribution < 1.29 is 9.84 Å². The lowest BCUT2D eigenvalue weighted by molar-refractivity contribution is -0.0180. The molecule has 0 bridgehead atoms. The van der Waals surface area contributed by atoms with Gasteiger partial charge in [0.1, 0.15) is 0 Å². The minimum atomic E-state index is -0.820. The number of rotatable bonds is 7. The van der Waals surface area contributed by atoms with Gasteiger partial charge in [-0.2, -0.15) is 0 Å². The van der Waals surface area contributed by atoms with Gasteiger partial charge in [-0.05, 0) is 32.6 Å². The van der Waals surface area contributed by atoms with Crippen LogP contribution in [0.5, 0.6) is 0 Å². The van der Waals surface area contributed by atoms with Crippen LogP contribution in [-0.2, 0) is 4.74 Å². The molecule has 6 nitrogen and oxygen atoms in total. The van der Waals surface area contributed by atoms with Crippen molar-refractivity contribution >= 4 is 29.9 Å². The van der Waals surface area contributed by atoms with Crippen LogP contribution in [0.15, 0.2) is 4.99 Å². The predicted molar refractivity (Wildman–Crippen MR) is 123 cm³/mol. The molecule has 1 atom stereocenters. The Morgan fingerprint density at radius 2 is 1.74 bits per heavy atom. The first kappa shape index (κ1) is 24.9. The molecule has 7 heteroatoms. The van der Waals surface area contributed by atoms with Crippen LogP contribution in [0.3, 0.4) is 0 Å². The number of ether oxygens (including phenoxy) is 1. The molecular formula is C20H41IN4O2. The zero-order chi connectivity index (χ0) is 18.7. The highest BCUT2D eigenvalue weighted by Gasteiger charge is 2.25. The van der Waals surface area contributed by atoms with Gasteiger partial charge in [-0.25, -0.2) is 0 Å². The summed E-state index contributed by atoms with van der Waals surface area (Å²) >= 11 is 0. The summed E-state index contributed by atoms with van der Waals surface area (Å²) in [5.41, 5.74) is -0.820. The lowest BCUT2D eigenvalue weighted by Gasteiger charge is -2.33. The summed E-state index contributed by atoms with van der Waals surface area (Å²) in [6.45, 7) is 10.1. The van der Waals surface area contributed by atoms with Gasteiger partial charge in [-0.15, -0.1) is 24.0 Å². The van der Waals surface area contributed by atoms with Crippen molar-refractivity contribution in [2.24, 2.45) is 10.9 Å². The number of nitrogens with zero attached hydrogens (tertiary/aromatic N) is 2. The lowest BCUT2D eigenvalue weighted by Crippen LogP contribution is -2.48. The molecule has 1 aliphatic heterocycles. The minimum Gasteiger partial charge on any atom is -0.387 e. The van der Waals surface area contributed by atoms with Crippen LogP contribution >= 0.6 is 24.0 Å². The van der Waals surface area contributed by atoms with Crippen molar-refractivity contribution in [2.75, 3.05) is 52.5 Å². The van der Waals surface area contributed by atoms with E-state index in [0.717, 1.165) is 51.3 Å². The van der Waals surface area contributed by atoms with Gasteiger partial charge in [-0.3, -0.25) is 9.89 Å². The van der Waals surface area contributed by atoms with E-state index in [-0.39, 0.29) is 24.0 Å². The van der Waals surface area contributed by atoms with Gasteiger partial charge in [0, 0.05) is 32.7 Å². The highest BCUT2D eigenvalue weighted by atomic mass is 127. The highest BCUT2D eigenvalue weighted by Crippen LogP contribution is 2.21. The van der Waals surface area contributed by atoms with E-state index in [1.165, 1.54) is 44.9 Å². The first-order valence-electron chi connectivity index (χ1n) is 10.6. The first-order chi connectivity index (χ1) is 12.6. The average molecular weight is 496 g/mol. The Labute approximate surface area is 182 Å². The third-order valence-corrected chi connectivity index (χ3v) is 5.37. The van der Waals surface area contributed by atoms with Crippen LogP contribution in [0.25, 0.3) is 0 Å². The van der Waals surface area contributed by atoms with Crippen molar-refractivity contribution in [1.29, 1.82) is 0 Å². The summed E-state index contributed by atoms with van der Waals surface area (Å²) in [5.74, 6) is 1.57. The lowest BCUT2D eigenvalue weighted by atomic mass is 9.91. The highest BCUT2D eigenvalue weighted by molar-refractivity contribution is 14.0. The summed E-state index contributed by atoms with van der Waals surface area (Å²) in [7, 11) is 0. The maximum Gasteiger partial charge on any atom is 0.191 e. The van der Waals surface area contributed by atoms with E-state index in [9.17, 15) is 5.11 Å². The van der Waals surface area contributed by atoms with Gasteiger partial charge < -0.3 is 20.5 Å². The van der Waals surface area contributed by atoms with Gasteiger partial charge in [0.15, 0.2) is 5.96 Å². The summed E-state index contributed by atoms with van der Waals surface area (Å²) in [5, 5.41) is 17.6. The van der Waals surface area contributed by atoms with Crippen LogP contribution in [-0.4, -0.2) is 74.0 Å². The molecule has 1 aliphatic carbocycles. The van der Waals surface area contributed by atoms with Crippen LogP contribution in [0.4, 0.5) is 0 Å². The zero-order valence-electron chi connectivity index (χ0n) is 17.3. The van der Waals surface area contributed by atoms with E-state index >= 15 is 0 Å². The Morgan fingerprint density at radius 1 is 1.11 bits per heavy atom.